The normalized spacial score (nSPS) is 17.0. The molecule has 0 aromatic carbocycles. The van der Waals surface area contributed by atoms with Crippen molar-refractivity contribution >= 4 is 18.3 Å². The van der Waals surface area contributed by atoms with Gasteiger partial charge in [0.05, 0.1) is 12.7 Å². The topological polar surface area (TPSA) is 67.2 Å². The number of hydrogen-bond acceptors (Lipinski definition) is 4. The monoisotopic (exact) mass is 301 g/mol. The highest BCUT2D eigenvalue weighted by atomic mass is 35.5. The summed E-state index contributed by atoms with van der Waals surface area (Å²) in [5, 5.41) is 6.07. The highest BCUT2D eigenvalue weighted by molar-refractivity contribution is 5.85. The molecule has 0 aliphatic carbocycles. The Bertz CT molecular complexity index is 450. The van der Waals surface area contributed by atoms with E-state index in [0.717, 1.165) is 18.8 Å². The summed E-state index contributed by atoms with van der Waals surface area (Å²) in [6, 6.07) is 0. The quantitative estimate of drug-likeness (QED) is 0.891. The summed E-state index contributed by atoms with van der Waals surface area (Å²) in [6.07, 6.45) is 1.74. The number of rotatable bonds is 4. The van der Waals surface area contributed by atoms with Gasteiger partial charge in [-0.15, -0.1) is 12.4 Å². The summed E-state index contributed by atoms with van der Waals surface area (Å²) >= 11 is 0. The highest BCUT2D eigenvalue weighted by Crippen LogP contribution is 2.22. The first-order chi connectivity index (χ1) is 8.88. The van der Waals surface area contributed by atoms with E-state index >= 15 is 0 Å². The molecule has 1 fully saturated rings. The van der Waals surface area contributed by atoms with E-state index in [1.807, 2.05) is 6.92 Å². The number of nitrogens with one attached hydrogen (secondary N) is 2. The van der Waals surface area contributed by atoms with Gasteiger partial charge in [0.15, 0.2) is 0 Å². The number of amides is 1. The van der Waals surface area contributed by atoms with E-state index < -0.39 is 0 Å². The Balaban J connectivity index is 0.00000200. The lowest BCUT2D eigenvalue weighted by Crippen LogP contribution is -2.49. The van der Waals surface area contributed by atoms with Crippen LogP contribution in [-0.4, -0.2) is 24.0 Å². The van der Waals surface area contributed by atoms with Crippen molar-refractivity contribution in [3.8, 4) is 0 Å². The zero-order chi connectivity index (χ0) is 14.0. The molecule has 1 amide bonds. The summed E-state index contributed by atoms with van der Waals surface area (Å²) in [5.41, 5.74) is -0.0554. The predicted octanol–water partition coefficient (Wildman–Crippen LogP) is 1.87. The zero-order valence-corrected chi connectivity index (χ0v) is 13.3. The van der Waals surface area contributed by atoms with Gasteiger partial charge in [0, 0.05) is 11.3 Å². The van der Waals surface area contributed by atoms with Crippen LogP contribution in [0.15, 0.2) is 10.6 Å². The van der Waals surface area contributed by atoms with Gasteiger partial charge in [-0.2, -0.15) is 0 Å². The Hall–Kier alpha value is -1.07. The van der Waals surface area contributed by atoms with Crippen molar-refractivity contribution in [2.45, 2.75) is 39.7 Å². The molecule has 1 unspecified atom stereocenters. The fourth-order valence-electron chi connectivity index (χ4n) is 1.94. The maximum Gasteiger partial charge on any atom is 0.223 e. The Morgan fingerprint density at radius 2 is 2.20 bits per heavy atom. The molecule has 2 heterocycles. The van der Waals surface area contributed by atoms with Crippen LogP contribution in [-0.2, 0) is 16.8 Å². The van der Waals surface area contributed by atoms with E-state index in [9.17, 15) is 4.79 Å². The molecular weight excluding hydrogens is 278 g/mol. The van der Waals surface area contributed by atoms with Gasteiger partial charge >= 0.3 is 0 Å². The third kappa shape index (κ3) is 3.96. The molecule has 0 bridgehead atoms. The second-order valence-electron chi connectivity index (χ2n) is 6.29. The van der Waals surface area contributed by atoms with E-state index in [4.69, 9.17) is 4.42 Å². The average molecular weight is 302 g/mol. The molecular formula is C14H24ClN3O2. The van der Waals surface area contributed by atoms with E-state index in [2.05, 4.69) is 36.4 Å². The lowest BCUT2D eigenvalue weighted by molar-refractivity contribution is -0.127. The molecule has 1 atom stereocenters. The number of oxazole rings is 1. The minimum Gasteiger partial charge on any atom is -0.443 e. The molecule has 1 saturated heterocycles. The van der Waals surface area contributed by atoms with E-state index in [1.165, 1.54) is 0 Å². The van der Waals surface area contributed by atoms with Crippen LogP contribution in [0.3, 0.4) is 0 Å². The minimum atomic E-state index is -0.0554. The number of aromatic nitrogens is 1. The first-order valence-corrected chi connectivity index (χ1v) is 6.81. The van der Waals surface area contributed by atoms with Crippen LogP contribution in [0.2, 0.25) is 0 Å². The Kier molecular flexibility index (Phi) is 5.59. The first-order valence-electron chi connectivity index (χ1n) is 6.81. The van der Waals surface area contributed by atoms with E-state index in [0.29, 0.717) is 18.4 Å². The predicted molar refractivity (Wildman–Crippen MR) is 79.8 cm³/mol. The number of carbonyl (C=O) groups excluding carboxylic acids is 1. The molecule has 0 saturated carbocycles. The maximum absolute atomic E-state index is 11.9. The molecule has 1 aromatic rings. The summed E-state index contributed by atoms with van der Waals surface area (Å²) in [5.74, 6) is 1.97. The van der Waals surface area contributed by atoms with Crippen molar-refractivity contribution in [1.82, 2.24) is 15.6 Å². The second-order valence-corrected chi connectivity index (χ2v) is 6.29. The lowest BCUT2D eigenvalue weighted by Gasteiger charge is -2.31. The fourth-order valence-corrected chi connectivity index (χ4v) is 1.94. The first kappa shape index (κ1) is 17.0. The summed E-state index contributed by atoms with van der Waals surface area (Å²) < 4.78 is 5.64. The largest absolute Gasteiger partial charge is 0.443 e. The summed E-state index contributed by atoms with van der Waals surface area (Å²) in [6.45, 7) is 10.4. The molecule has 6 heteroatoms. The highest BCUT2D eigenvalue weighted by Gasteiger charge is 2.28. The molecule has 2 rings (SSSR count). The summed E-state index contributed by atoms with van der Waals surface area (Å²) in [4.78, 5) is 16.1. The lowest BCUT2D eigenvalue weighted by atomic mass is 9.88. The second kappa shape index (κ2) is 6.59. The Labute approximate surface area is 126 Å². The number of nitrogens with zero attached hydrogens (tertiary/aromatic N) is 1. The van der Waals surface area contributed by atoms with Crippen LogP contribution in [0, 0.1) is 11.8 Å². The number of hydrogen-bond donors (Lipinski definition) is 2. The van der Waals surface area contributed by atoms with Crippen LogP contribution in [0.4, 0.5) is 0 Å². The van der Waals surface area contributed by atoms with Crippen LogP contribution in [0.5, 0.6) is 0 Å². The Morgan fingerprint density at radius 1 is 1.55 bits per heavy atom. The number of halogens is 1. The van der Waals surface area contributed by atoms with Crippen molar-refractivity contribution < 1.29 is 9.21 Å². The SMILES string of the molecule is CC(C(=O)NCc1ncc(C(C)(C)C)o1)C1CNC1.Cl. The number of carbonyl (C=O) groups is 1. The van der Waals surface area contributed by atoms with Crippen molar-refractivity contribution in [2.75, 3.05) is 13.1 Å². The van der Waals surface area contributed by atoms with Gasteiger partial charge in [0.2, 0.25) is 11.8 Å². The van der Waals surface area contributed by atoms with E-state index in [1.54, 1.807) is 6.20 Å². The van der Waals surface area contributed by atoms with Crippen LogP contribution >= 0.6 is 12.4 Å². The van der Waals surface area contributed by atoms with Gasteiger partial charge in [-0.1, -0.05) is 27.7 Å². The third-order valence-corrected chi connectivity index (χ3v) is 3.64. The average Bonchev–Trinajstić information content (AvgIpc) is 2.71. The molecule has 0 spiro atoms. The van der Waals surface area contributed by atoms with Gasteiger partial charge in [0.25, 0.3) is 0 Å². The smallest absolute Gasteiger partial charge is 0.223 e. The molecule has 2 N–H and O–H groups in total. The molecule has 1 aromatic heterocycles. The van der Waals surface area contributed by atoms with Crippen molar-refractivity contribution in [3.05, 3.63) is 17.8 Å². The van der Waals surface area contributed by atoms with Gasteiger partial charge in [-0.05, 0) is 19.0 Å². The van der Waals surface area contributed by atoms with Crippen LogP contribution < -0.4 is 10.6 Å². The standard InChI is InChI=1S/C14H23N3O2.ClH/c1-9(10-5-15-6-10)13(18)17-8-12-16-7-11(19-12)14(2,3)4;/h7,9-10,15H,5-6,8H2,1-4H3,(H,17,18);1H. The maximum atomic E-state index is 11.9. The minimum absolute atomic E-state index is 0. The third-order valence-electron chi connectivity index (χ3n) is 3.64. The van der Waals surface area contributed by atoms with Gasteiger partial charge in [0.1, 0.15) is 5.76 Å². The van der Waals surface area contributed by atoms with Gasteiger partial charge in [-0.3, -0.25) is 4.79 Å². The van der Waals surface area contributed by atoms with Crippen molar-refractivity contribution in [2.24, 2.45) is 11.8 Å². The fraction of sp³-hybridized carbons (Fsp3) is 0.714. The molecule has 20 heavy (non-hydrogen) atoms. The van der Waals surface area contributed by atoms with Gasteiger partial charge < -0.3 is 15.1 Å². The van der Waals surface area contributed by atoms with Crippen molar-refractivity contribution in [3.63, 3.8) is 0 Å². The van der Waals surface area contributed by atoms with Crippen molar-refractivity contribution in [1.29, 1.82) is 0 Å². The van der Waals surface area contributed by atoms with E-state index in [-0.39, 0.29) is 29.6 Å². The zero-order valence-electron chi connectivity index (χ0n) is 12.5. The van der Waals surface area contributed by atoms with Crippen LogP contribution in [0.25, 0.3) is 0 Å². The molecule has 0 radical (unpaired) electrons. The Morgan fingerprint density at radius 3 is 2.65 bits per heavy atom. The van der Waals surface area contributed by atoms with Crippen LogP contribution in [0.1, 0.15) is 39.3 Å². The molecule has 5 nitrogen and oxygen atoms in total. The van der Waals surface area contributed by atoms with Gasteiger partial charge in [-0.25, -0.2) is 4.98 Å². The molecule has 1 aliphatic rings. The summed E-state index contributed by atoms with van der Waals surface area (Å²) in [7, 11) is 0. The molecule has 1 aliphatic heterocycles. The molecule has 114 valence electrons.